The van der Waals surface area contributed by atoms with Crippen LogP contribution in [-0.2, 0) is 11.3 Å². The average molecular weight is 273 g/mol. The normalized spacial score (nSPS) is 11.7. The van der Waals surface area contributed by atoms with E-state index in [4.69, 9.17) is 4.74 Å². The Kier molecular flexibility index (Phi) is 4.71. The fourth-order valence-corrected chi connectivity index (χ4v) is 1.80. The number of hydrogen-bond acceptors (Lipinski definition) is 2. The molecule has 0 aromatic heterocycles. The Morgan fingerprint density at radius 2 is 1.95 bits per heavy atom. The van der Waals surface area contributed by atoms with Crippen molar-refractivity contribution >= 4 is 6.09 Å². The second kappa shape index (κ2) is 6.70. The van der Waals surface area contributed by atoms with Crippen LogP contribution in [0.1, 0.15) is 24.1 Å². The first-order valence-electron chi connectivity index (χ1n) is 6.38. The summed E-state index contributed by atoms with van der Waals surface area (Å²) in [5, 5.41) is 2.67. The van der Waals surface area contributed by atoms with Crippen LogP contribution in [0.3, 0.4) is 0 Å². The van der Waals surface area contributed by atoms with Crippen LogP contribution in [0.5, 0.6) is 0 Å². The Bertz CT molecular complexity index is 572. The van der Waals surface area contributed by atoms with Gasteiger partial charge in [0.1, 0.15) is 12.4 Å². The topological polar surface area (TPSA) is 38.3 Å². The highest BCUT2D eigenvalue weighted by Crippen LogP contribution is 2.13. The molecule has 0 saturated heterocycles. The lowest BCUT2D eigenvalue weighted by Gasteiger charge is -2.14. The van der Waals surface area contributed by atoms with Crippen LogP contribution in [0.2, 0.25) is 0 Å². The molecule has 0 aliphatic heterocycles. The Hall–Kier alpha value is -2.36. The van der Waals surface area contributed by atoms with Crippen molar-refractivity contribution in [3.8, 4) is 0 Å². The van der Waals surface area contributed by atoms with E-state index in [0.717, 1.165) is 5.56 Å². The van der Waals surface area contributed by atoms with Gasteiger partial charge >= 0.3 is 6.09 Å². The van der Waals surface area contributed by atoms with Crippen LogP contribution in [0.25, 0.3) is 0 Å². The van der Waals surface area contributed by atoms with Crippen LogP contribution in [0.4, 0.5) is 9.18 Å². The van der Waals surface area contributed by atoms with Crippen molar-refractivity contribution in [2.45, 2.75) is 19.6 Å². The Morgan fingerprint density at radius 3 is 2.65 bits per heavy atom. The van der Waals surface area contributed by atoms with Gasteiger partial charge in [0.2, 0.25) is 0 Å². The molecule has 20 heavy (non-hydrogen) atoms. The maximum atomic E-state index is 13.1. The minimum atomic E-state index is -0.523. The number of rotatable bonds is 4. The maximum absolute atomic E-state index is 13.1. The molecule has 1 amide bonds. The highest BCUT2D eigenvalue weighted by Gasteiger charge is 2.10. The summed E-state index contributed by atoms with van der Waals surface area (Å²) in [5.41, 5.74) is 1.61. The lowest BCUT2D eigenvalue weighted by atomic mass is 10.1. The molecular formula is C16H16FNO2. The molecule has 0 aliphatic rings. The molecule has 2 aromatic rings. The molecule has 0 radical (unpaired) electrons. The number of amides is 1. The summed E-state index contributed by atoms with van der Waals surface area (Å²) in [6.45, 7) is 1.99. The number of halogens is 1. The predicted molar refractivity (Wildman–Crippen MR) is 74.6 cm³/mol. The van der Waals surface area contributed by atoms with Gasteiger partial charge in [0.25, 0.3) is 0 Å². The van der Waals surface area contributed by atoms with Crippen molar-refractivity contribution in [2.75, 3.05) is 0 Å². The monoisotopic (exact) mass is 273 g/mol. The Morgan fingerprint density at radius 1 is 1.20 bits per heavy atom. The van der Waals surface area contributed by atoms with Crippen molar-refractivity contribution in [1.82, 2.24) is 5.32 Å². The van der Waals surface area contributed by atoms with Gasteiger partial charge in [-0.2, -0.15) is 0 Å². The summed E-state index contributed by atoms with van der Waals surface area (Å²) in [7, 11) is 0. The van der Waals surface area contributed by atoms with Crippen molar-refractivity contribution in [2.24, 2.45) is 0 Å². The molecule has 0 heterocycles. The molecule has 1 N–H and O–H groups in total. The number of carbonyl (C=O) groups excluding carboxylic acids is 1. The van der Waals surface area contributed by atoms with Gasteiger partial charge in [-0.1, -0.05) is 42.5 Å². The summed E-state index contributed by atoms with van der Waals surface area (Å²) < 4.78 is 18.2. The first kappa shape index (κ1) is 14.1. The summed E-state index contributed by atoms with van der Waals surface area (Å²) >= 11 is 0. The quantitative estimate of drug-likeness (QED) is 0.919. The van der Waals surface area contributed by atoms with Crippen LogP contribution >= 0.6 is 0 Å². The first-order chi connectivity index (χ1) is 9.65. The molecule has 0 saturated carbocycles. The van der Waals surface area contributed by atoms with Crippen LogP contribution in [0, 0.1) is 5.82 Å². The van der Waals surface area contributed by atoms with Gasteiger partial charge in [0.05, 0.1) is 6.04 Å². The lowest BCUT2D eigenvalue weighted by molar-refractivity contribution is 0.136. The van der Waals surface area contributed by atoms with E-state index in [-0.39, 0.29) is 18.5 Å². The highest BCUT2D eigenvalue weighted by molar-refractivity contribution is 5.67. The number of carbonyl (C=O) groups is 1. The number of benzene rings is 2. The van der Waals surface area contributed by atoms with E-state index in [1.165, 1.54) is 12.1 Å². The van der Waals surface area contributed by atoms with Gasteiger partial charge in [-0.3, -0.25) is 0 Å². The Labute approximate surface area is 117 Å². The molecule has 2 rings (SSSR count). The number of ether oxygens (including phenoxy) is 1. The molecule has 2 aromatic carbocycles. The molecular weight excluding hydrogens is 257 g/mol. The Balaban J connectivity index is 1.85. The van der Waals surface area contributed by atoms with E-state index in [9.17, 15) is 9.18 Å². The minimum Gasteiger partial charge on any atom is -0.445 e. The summed E-state index contributed by atoms with van der Waals surface area (Å²) in [6.07, 6.45) is -0.523. The SMILES string of the molecule is C[C@@H](NC(=O)OCc1ccccc1)c1cccc(F)c1. The molecule has 104 valence electrons. The standard InChI is InChI=1S/C16H16FNO2/c1-12(14-8-5-9-15(17)10-14)18-16(19)20-11-13-6-3-2-4-7-13/h2-10,12H,11H2,1H3,(H,18,19)/t12-/m1/s1. The van der Waals surface area contributed by atoms with Gasteiger partial charge in [-0.15, -0.1) is 0 Å². The summed E-state index contributed by atoms with van der Waals surface area (Å²) in [4.78, 5) is 11.7. The first-order valence-corrected chi connectivity index (χ1v) is 6.38. The van der Waals surface area contributed by atoms with E-state index >= 15 is 0 Å². The van der Waals surface area contributed by atoms with Crippen molar-refractivity contribution in [3.63, 3.8) is 0 Å². The third kappa shape index (κ3) is 4.09. The third-order valence-electron chi connectivity index (χ3n) is 2.90. The third-order valence-corrected chi connectivity index (χ3v) is 2.90. The summed E-state index contributed by atoms with van der Waals surface area (Å²) in [5.74, 6) is -0.325. The zero-order valence-electron chi connectivity index (χ0n) is 11.2. The van der Waals surface area contributed by atoms with Gasteiger partial charge in [0.15, 0.2) is 0 Å². The largest absolute Gasteiger partial charge is 0.445 e. The fraction of sp³-hybridized carbons (Fsp3) is 0.188. The van der Waals surface area contributed by atoms with Crippen molar-refractivity contribution < 1.29 is 13.9 Å². The van der Waals surface area contributed by atoms with E-state index in [1.807, 2.05) is 30.3 Å². The predicted octanol–water partition coefficient (Wildman–Crippen LogP) is 3.81. The van der Waals surface area contributed by atoms with Gasteiger partial charge in [0, 0.05) is 0 Å². The molecule has 4 heteroatoms. The smallest absolute Gasteiger partial charge is 0.407 e. The van der Waals surface area contributed by atoms with E-state index in [0.29, 0.717) is 5.56 Å². The molecule has 0 spiro atoms. The number of nitrogens with one attached hydrogen (secondary N) is 1. The van der Waals surface area contributed by atoms with Gasteiger partial charge < -0.3 is 10.1 Å². The van der Waals surface area contributed by atoms with Crippen LogP contribution in [-0.4, -0.2) is 6.09 Å². The van der Waals surface area contributed by atoms with Crippen molar-refractivity contribution in [3.05, 3.63) is 71.5 Å². The molecule has 3 nitrogen and oxygen atoms in total. The second-order valence-electron chi connectivity index (χ2n) is 4.48. The molecule has 1 atom stereocenters. The van der Waals surface area contributed by atoms with Crippen LogP contribution < -0.4 is 5.32 Å². The molecule has 0 unspecified atom stereocenters. The zero-order valence-corrected chi connectivity index (χ0v) is 11.2. The minimum absolute atomic E-state index is 0.211. The molecule has 0 bridgehead atoms. The van der Waals surface area contributed by atoms with Gasteiger partial charge in [-0.05, 0) is 30.2 Å². The fourth-order valence-electron chi connectivity index (χ4n) is 1.80. The van der Waals surface area contributed by atoms with E-state index in [2.05, 4.69) is 5.32 Å². The molecule has 0 aliphatic carbocycles. The second-order valence-corrected chi connectivity index (χ2v) is 4.48. The van der Waals surface area contributed by atoms with Crippen LogP contribution in [0.15, 0.2) is 54.6 Å². The van der Waals surface area contributed by atoms with Crippen molar-refractivity contribution in [1.29, 1.82) is 0 Å². The van der Waals surface area contributed by atoms with E-state index < -0.39 is 6.09 Å². The van der Waals surface area contributed by atoms with E-state index in [1.54, 1.807) is 19.1 Å². The lowest BCUT2D eigenvalue weighted by Crippen LogP contribution is -2.27. The number of hydrogen-bond donors (Lipinski definition) is 1. The molecule has 0 fully saturated rings. The average Bonchev–Trinajstić information content (AvgIpc) is 2.46. The van der Waals surface area contributed by atoms with Gasteiger partial charge in [-0.25, -0.2) is 9.18 Å². The zero-order chi connectivity index (χ0) is 14.4. The highest BCUT2D eigenvalue weighted by atomic mass is 19.1. The summed E-state index contributed by atoms with van der Waals surface area (Å²) in [6, 6.07) is 15.2. The maximum Gasteiger partial charge on any atom is 0.407 e. The number of alkyl carbamates (subject to hydrolysis) is 1.